The van der Waals surface area contributed by atoms with Crippen molar-refractivity contribution in [2.75, 3.05) is 57.4 Å². The number of β-amino-alcohol motifs (C(OH)–C–C–N with tert-alkyl or cyclic N) is 1. The van der Waals surface area contributed by atoms with E-state index < -0.39 is 6.10 Å². The minimum atomic E-state index is -0.498. The van der Waals surface area contributed by atoms with Gasteiger partial charge < -0.3 is 19.5 Å². The quantitative estimate of drug-likeness (QED) is 0.550. The normalized spacial score (nSPS) is 16.0. The molecule has 0 spiro atoms. The van der Waals surface area contributed by atoms with Gasteiger partial charge in [0.2, 0.25) is 0 Å². The second kappa shape index (κ2) is 11.7. The van der Waals surface area contributed by atoms with Crippen LogP contribution < -0.4 is 9.64 Å². The summed E-state index contributed by atoms with van der Waals surface area (Å²) in [5, 5.41) is 11.1. The van der Waals surface area contributed by atoms with E-state index in [1.807, 2.05) is 30.3 Å². The molecule has 1 saturated heterocycles. The van der Waals surface area contributed by atoms with Crippen LogP contribution in [-0.2, 0) is 4.74 Å². The van der Waals surface area contributed by atoms with E-state index in [4.69, 9.17) is 21.1 Å². The molecule has 170 valence electrons. The van der Waals surface area contributed by atoms with Crippen molar-refractivity contribution < 1.29 is 14.6 Å². The minimum Gasteiger partial charge on any atom is -0.491 e. The number of aliphatic hydroxyl groups is 1. The van der Waals surface area contributed by atoms with E-state index >= 15 is 0 Å². The lowest BCUT2D eigenvalue weighted by Crippen LogP contribution is -2.49. The van der Waals surface area contributed by atoms with Gasteiger partial charge in [-0.3, -0.25) is 4.90 Å². The molecule has 3 rings (SSSR count). The second-order valence-corrected chi connectivity index (χ2v) is 8.92. The number of piperazine rings is 1. The van der Waals surface area contributed by atoms with E-state index in [0.717, 1.165) is 37.0 Å². The number of ether oxygens (including phenoxy) is 2. The van der Waals surface area contributed by atoms with Gasteiger partial charge in [-0.25, -0.2) is 0 Å². The number of rotatable bonds is 10. The molecule has 0 bridgehead atoms. The maximum absolute atomic E-state index is 10.4. The van der Waals surface area contributed by atoms with Crippen LogP contribution >= 0.6 is 11.6 Å². The second-order valence-electron chi connectivity index (χ2n) is 8.49. The zero-order chi connectivity index (χ0) is 22.2. The van der Waals surface area contributed by atoms with Crippen molar-refractivity contribution in [3.63, 3.8) is 0 Å². The van der Waals surface area contributed by atoms with Gasteiger partial charge in [-0.1, -0.05) is 49.7 Å². The molecule has 1 aliphatic heterocycles. The van der Waals surface area contributed by atoms with Gasteiger partial charge >= 0.3 is 0 Å². The number of para-hydroxylation sites is 1. The minimum absolute atomic E-state index is 0.322. The molecular weight excluding hydrogens is 412 g/mol. The number of nitrogens with zero attached hydrogens (tertiary/aromatic N) is 2. The molecule has 0 aliphatic carbocycles. The Labute approximate surface area is 191 Å². The third kappa shape index (κ3) is 7.11. The van der Waals surface area contributed by atoms with Crippen LogP contribution in [0.4, 0.5) is 5.69 Å². The van der Waals surface area contributed by atoms with Crippen LogP contribution in [0.2, 0.25) is 5.02 Å². The number of halogens is 1. The van der Waals surface area contributed by atoms with E-state index in [9.17, 15) is 5.11 Å². The number of hydrogen-bond donors (Lipinski definition) is 1. The van der Waals surface area contributed by atoms with Crippen molar-refractivity contribution in [2.24, 2.45) is 0 Å². The smallest absolute Gasteiger partial charge is 0.122 e. The zero-order valence-electron chi connectivity index (χ0n) is 18.9. The molecule has 31 heavy (non-hydrogen) atoms. The van der Waals surface area contributed by atoms with Crippen LogP contribution in [0, 0.1) is 6.92 Å². The van der Waals surface area contributed by atoms with Gasteiger partial charge in [-0.2, -0.15) is 0 Å². The van der Waals surface area contributed by atoms with Crippen molar-refractivity contribution in [2.45, 2.75) is 32.8 Å². The van der Waals surface area contributed by atoms with Crippen LogP contribution in [0.5, 0.6) is 5.75 Å². The molecule has 0 amide bonds. The maximum atomic E-state index is 10.4. The highest BCUT2D eigenvalue weighted by atomic mass is 35.5. The molecule has 0 unspecified atom stereocenters. The number of aliphatic hydroxyl groups excluding tert-OH is 1. The molecule has 1 atom stereocenters. The SMILES string of the molecule is Cc1ccc(Cl)cc1N1CCN(C[C@@H](O)COCCOc2ccccc2C(C)C)CC1. The summed E-state index contributed by atoms with van der Waals surface area (Å²) < 4.78 is 11.5. The molecule has 2 aromatic carbocycles. The van der Waals surface area contributed by atoms with E-state index in [1.165, 1.54) is 16.8 Å². The lowest BCUT2D eigenvalue weighted by Gasteiger charge is -2.37. The molecule has 1 fully saturated rings. The van der Waals surface area contributed by atoms with Gasteiger partial charge in [0.25, 0.3) is 0 Å². The van der Waals surface area contributed by atoms with Crippen molar-refractivity contribution in [3.8, 4) is 5.75 Å². The molecule has 1 heterocycles. The van der Waals surface area contributed by atoms with Crippen molar-refractivity contribution >= 4 is 17.3 Å². The average molecular weight is 447 g/mol. The summed E-state index contributed by atoms with van der Waals surface area (Å²) >= 11 is 6.17. The van der Waals surface area contributed by atoms with Crippen LogP contribution in [0.3, 0.4) is 0 Å². The molecule has 2 aromatic rings. The third-order valence-corrected chi connectivity index (χ3v) is 5.92. The molecule has 1 aliphatic rings. The maximum Gasteiger partial charge on any atom is 0.122 e. The Morgan fingerprint density at radius 1 is 1.03 bits per heavy atom. The standard InChI is InChI=1S/C25H35ClN2O3/c1-19(2)23-6-4-5-7-25(23)31-15-14-30-18-22(29)17-27-10-12-28(13-11-27)24-16-21(26)9-8-20(24)3/h4-9,16,19,22,29H,10-15,17-18H2,1-3H3/t22-/m1/s1. The Bertz CT molecular complexity index is 822. The molecule has 0 radical (unpaired) electrons. The molecule has 0 saturated carbocycles. The number of hydrogen-bond acceptors (Lipinski definition) is 5. The first kappa shape index (κ1) is 23.9. The average Bonchev–Trinajstić information content (AvgIpc) is 2.76. The Morgan fingerprint density at radius 3 is 2.52 bits per heavy atom. The Kier molecular flexibility index (Phi) is 9.02. The molecule has 1 N–H and O–H groups in total. The summed E-state index contributed by atoms with van der Waals surface area (Å²) in [4.78, 5) is 4.66. The van der Waals surface area contributed by atoms with Gasteiger partial charge in [-0.15, -0.1) is 0 Å². The largest absolute Gasteiger partial charge is 0.491 e. The van der Waals surface area contributed by atoms with Crippen LogP contribution in [0.25, 0.3) is 0 Å². The highest BCUT2D eigenvalue weighted by Crippen LogP contribution is 2.26. The first-order chi connectivity index (χ1) is 14.9. The molecule has 6 heteroatoms. The van der Waals surface area contributed by atoms with E-state index in [2.05, 4.69) is 42.7 Å². The molecule has 5 nitrogen and oxygen atoms in total. The van der Waals surface area contributed by atoms with Gasteiger partial charge in [0.15, 0.2) is 0 Å². The van der Waals surface area contributed by atoms with E-state index in [1.54, 1.807) is 0 Å². The monoisotopic (exact) mass is 446 g/mol. The predicted molar refractivity (Wildman–Crippen MR) is 128 cm³/mol. The highest BCUT2D eigenvalue weighted by molar-refractivity contribution is 6.30. The third-order valence-electron chi connectivity index (χ3n) is 5.69. The van der Waals surface area contributed by atoms with Crippen LogP contribution in [-0.4, -0.2) is 68.7 Å². The first-order valence-electron chi connectivity index (χ1n) is 11.1. The Balaban J connectivity index is 1.33. The number of anilines is 1. The summed E-state index contributed by atoms with van der Waals surface area (Å²) in [6, 6.07) is 14.1. The van der Waals surface area contributed by atoms with Gasteiger partial charge in [0.05, 0.1) is 19.3 Å². The number of benzene rings is 2. The molecular formula is C25H35ClN2O3. The van der Waals surface area contributed by atoms with Gasteiger partial charge in [0.1, 0.15) is 12.4 Å². The summed E-state index contributed by atoms with van der Waals surface area (Å²) in [6.45, 7) is 12.0. The van der Waals surface area contributed by atoms with E-state index in [0.29, 0.717) is 32.3 Å². The number of aryl methyl sites for hydroxylation is 1. The zero-order valence-corrected chi connectivity index (χ0v) is 19.6. The predicted octanol–water partition coefficient (Wildman–Crippen LogP) is 4.35. The topological polar surface area (TPSA) is 45.2 Å². The Hall–Kier alpha value is -1.79. The molecule has 0 aromatic heterocycles. The van der Waals surface area contributed by atoms with Crippen molar-refractivity contribution in [1.29, 1.82) is 0 Å². The first-order valence-corrected chi connectivity index (χ1v) is 11.5. The Morgan fingerprint density at radius 2 is 1.77 bits per heavy atom. The fourth-order valence-electron chi connectivity index (χ4n) is 3.96. The van der Waals surface area contributed by atoms with Gasteiger partial charge in [-0.05, 0) is 42.2 Å². The van der Waals surface area contributed by atoms with Gasteiger partial charge in [0, 0.05) is 43.4 Å². The van der Waals surface area contributed by atoms with Crippen LogP contribution in [0.1, 0.15) is 30.9 Å². The summed E-state index contributed by atoms with van der Waals surface area (Å²) in [5.74, 6) is 1.33. The fraction of sp³-hybridized carbons (Fsp3) is 0.520. The summed E-state index contributed by atoms with van der Waals surface area (Å²) in [7, 11) is 0. The van der Waals surface area contributed by atoms with Crippen molar-refractivity contribution in [3.05, 3.63) is 58.6 Å². The fourth-order valence-corrected chi connectivity index (χ4v) is 4.13. The van der Waals surface area contributed by atoms with E-state index in [-0.39, 0.29) is 0 Å². The summed E-state index contributed by atoms with van der Waals surface area (Å²) in [5.41, 5.74) is 3.65. The van der Waals surface area contributed by atoms with Crippen molar-refractivity contribution in [1.82, 2.24) is 4.90 Å². The highest BCUT2D eigenvalue weighted by Gasteiger charge is 2.20. The lowest BCUT2D eigenvalue weighted by molar-refractivity contribution is 0.00709. The lowest BCUT2D eigenvalue weighted by atomic mass is 10.0. The van der Waals surface area contributed by atoms with Crippen LogP contribution in [0.15, 0.2) is 42.5 Å². The summed E-state index contributed by atoms with van der Waals surface area (Å²) in [6.07, 6.45) is -0.498.